The molecule has 102 valence electrons. The van der Waals surface area contributed by atoms with Crippen molar-refractivity contribution < 1.29 is 0 Å². The summed E-state index contributed by atoms with van der Waals surface area (Å²) in [6.45, 7) is 4.45. The first-order valence-electron chi connectivity index (χ1n) is 6.88. The van der Waals surface area contributed by atoms with Gasteiger partial charge in [0.15, 0.2) is 0 Å². The first-order chi connectivity index (χ1) is 8.29. The maximum atomic E-state index is 5.84. The molecule has 0 saturated heterocycles. The van der Waals surface area contributed by atoms with Crippen LogP contribution in [0.15, 0.2) is 24.3 Å². The van der Waals surface area contributed by atoms with Crippen LogP contribution in [0.25, 0.3) is 0 Å². The second-order valence-electron chi connectivity index (χ2n) is 5.10. The Kier molecular flexibility index (Phi) is 6.51. The maximum absolute atomic E-state index is 5.84. The fourth-order valence-corrected chi connectivity index (χ4v) is 2.87. The number of anilines is 1. The highest BCUT2D eigenvalue weighted by atomic mass is 35.5. The molecule has 0 radical (unpaired) electrons. The summed E-state index contributed by atoms with van der Waals surface area (Å²) in [6, 6.07) is 9.09. The molecule has 0 spiro atoms. The fourth-order valence-electron chi connectivity index (χ4n) is 2.87. The van der Waals surface area contributed by atoms with Crippen molar-refractivity contribution in [1.29, 1.82) is 0 Å². The van der Waals surface area contributed by atoms with Crippen molar-refractivity contribution in [3.63, 3.8) is 0 Å². The number of rotatable bonds is 4. The van der Waals surface area contributed by atoms with Gasteiger partial charge in [0, 0.05) is 18.3 Å². The average Bonchev–Trinajstić information content (AvgIpc) is 2.37. The molecule has 0 aliphatic heterocycles. The van der Waals surface area contributed by atoms with Crippen LogP contribution in [-0.4, -0.2) is 17.5 Å². The molecule has 1 fully saturated rings. The third kappa shape index (κ3) is 4.18. The minimum atomic E-state index is 0. The standard InChI is InChI=1S/C15H24N2.ClH/c1-2-17(15-9-4-3-5-10-15)12-13-7-6-8-14(16)11-13;/h6-8,11,15H,2-5,9-10,12,16H2,1H3;1H. The van der Waals surface area contributed by atoms with Gasteiger partial charge in [0.1, 0.15) is 0 Å². The lowest BCUT2D eigenvalue weighted by Gasteiger charge is -2.33. The molecular formula is C15H25ClN2. The summed E-state index contributed by atoms with van der Waals surface area (Å²) in [5.41, 5.74) is 8.06. The highest BCUT2D eigenvalue weighted by Crippen LogP contribution is 2.24. The van der Waals surface area contributed by atoms with E-state index in [0.717, 1.165) is 24.8 Å². The zero-order chi connectivity index (χ0) is 12.1. The van der Waals surface area contributed by atoms with Gasteiger partial charge in [0.2, 0.25) is 0 Å². The Morgan fingerprint density at radius 2 is 1.94 bits per heavy atom. The van der Waals surface area contributed by atoms with Gasteiger partial charge in [0.05, 0.1) is 0 Å². The number of hydrogen-bond donors (Lipinski definition) is 1. The van der Waals surface area contributed by atoms with Crippen LogP contribution in [0.5, 0.6) is 0 Å². The average molecular weight is 269 g/mol. The summed E-state index contributed by atoms with van der Waals surface area (Å²) in [4.78, 5) is 2.61. The topological polar surface area (TPSA) is 29.3 Å². The number of halogens is 1. The second-order valence-corrected chi connectivity index (χ2v) is 5.10. The molecule has 0 atom stereocenters. The Balaban J connectivity index is 0.00000162. The molecule has 1 saturated carbocycles. The monoisotopic (exact) mass is 268 g/mol. The molecule has 18 heavy (non-hydrogen) atoms. The minimum absolute atomic E-state index is 0. The van der Waals surface area contributed by atoms with Gasteiger partial charge in [-0.05, 0) is 37.1 Å². The lowest BCUT2D eigenvalue weighted by Crippen LogP contribution is -2.36. The van der Waals surface area contributed by atoms with Crippen molar-refractivity contribution in [1.82, 2.24) is 4.90 Å². The van der Waals surface area contributed by atoms with E-state index in [4.69, 9.17) is 5.73 Å². The van der Waals surface area contributed by atoms with Crippen molar-refractivity contribution in [2.45, 2.75) is 51.6 Å². The van der Waals surface area contributed by atoms with Crippen molar-refractivity contribution in [2.75, 3.05) is 12.3 Å². The van der Waals surface area contributed by atoms with Gasteiger partial charge in [-0.3, -0.25) is 4.90 Å². The molecule has 0 unspecified atom stereocenters. The summed E-state index contributed by atoms with van der Waals surface area (Å²) < 4.78 is 0. The summed E-state index contributed by atoms with van der Waals surface area (Å²) in [6.07, 6.45) is 6.97. The number of nitrogens with zero attached hydrogens (tertiary/aromatic N) is 1. The molecule has 0 heterocycles. The lowest BCUT2D eigenvalue weighted by molar-refractivity contribution is 0.156. The molecule has 0 amide bonds. The van der Waals surface area contributed by atoms with Gasteiger partial charge >= 0.3 is 0 Å². The van der Waals surface area contributed by atoms with E-state index in [1.807, 2.05) is 6.07 Å². The van der Waals surface area contributed by atoms with Gasteiger partial charge in [0.25, 0.3) is 0 Å². The Hall–Kier alpha value is -0.730. The van der Waals surface area contributed by atoms with Crippen LogP contribution in [0.2, 0.25) is 0 Å². The third-order valence-corrected chi connectivity index (χ3v) is 3.83. The minimum Gasteiger partial charge on any atom is -0.399 e. The van der Waals surface area contributed by atoms with Crippen LogP contribution in [-0.2, 0) is 6.54 Å². The van der Waals surface area contributed by atoms with Gasteiger partial charge in [-0.2, -0.15) is 0 Å². The van der Waals surface area contributed by atoms with Gasteiger partial charge in [-0.1, -0.05) is 38.3 Å². The van der Waals surface area contributed by atoms with Crippen LogP contribution in [0.3, 0.4) is 0 Å². The van der Waals surface area contributed by atoms with Gasteiger partial charge in [-0.25, -0.2) is 0 Å². The summed E-state index contributed by atoms with van der Waals surface area (Å²) in [5.74, 6) is 0. The number of benzene rings is 1. The largest absolute Gasteiger partial charge is 0.399 e. The molecule has 2 N–H and O–H groups in total. The maximum Gasteiger partial charge on any atom is 0.0317 e. The number of nitrogen functional groups attached to an aromatic ring is 1. The van der Waals surface area contributed by atoms with Crippen LogP contribution in [0.4, 0.5) is 5.69 Å². The van der Waals surface area contributed by atoms with Crippen LogP contribution < -0.4 is 5.73 Å². The zero-order valence-corrected chi connectivity index (χ0v) is 12.1. The predicted octanol–water partition coefficient (Wildman–Crippen LogP) is 3.85. The molecule has 1 aliphatic carbocycles. The Morgan fingerprint density at radius 1 is 1.22 bits per heavy atom. The van der Waals surface area contributed by atoms with Crippen molar-refractivity contribution in [3.8, 4) is 0 Å². The molecule has 1 aromatic carbocycles. The smallest absolute Gasteiger partial charge is 0.0317 e. The van der Waals surface area contributed by atoms with E-state index in [0.29, 0.717) is 0 Å². The van der Waals surface area contributed by atoms with E-state index in [-0.39, 0.29) is 12.4 Å². The first-order valence-corrected chi connectivity index (χ1v) is 6.88. The number of hydrogen-bond acceptors (Lipinski definition) is 2. The highest BCUT2D eigenvalue weighted by Gasteiger charge is 2.19. The van der Waals surface area contributed by atoms with Gasteiger partial charge < -0.3 is 5.73 Å². The van der Waals surface area contributed by atoms with Crippen LogP contribution in [0, 0.1) is 0 Å². The van der Waals surface area contributed by atoms with Crippen LogP contribution in [0.1, 0.15) is 44.6 Å². The van der Waals surface area contributed by atoms with Crippen LogP contribution >= 0.6 is 12.4 Å². The molecule has 1 aliphatic rings. The number of nitrogens with two attached hydrogens (primary N) is 1. The van der Waals surface area contributed by atoms with E-state index in [9.17, 15) is 0 Å². The van der Waals surface area contributed by atoms with Gasteiger partial charge in [-0.15, -0.1) is 12.4 Å². The normalized spacial score (nSPS) is 16.6. The van der Waals surface area contributed by atoms with E-state index in [1.165, 1.54) is 37.7 Å². The van der Waals surface area contributed by atoms with Crippen molar-refractivity contribution in [2.24, 2.45) is 0 Å². The van der Waals surface area contributed by atoms with Crippen molar-refractivity contribution in [3.05, 3.63) is 29.8 Å². The third-order valence-electron chi connectivity index (χ3n) is 3.83. The summed E-state index contributed by atoms with van der Waals surface area (Å²) in [7, 11) is 0. The lowest BCUT2D eigenvalue weighted by atomic mass is 9.94. The fraction of sp³-hybridized carbons (Fsp3) is 0.600. The molecule has 0 aromatic heterocycles. The van der Waals surface area contributed by atoms with E-state index < -0.39 is 0 Å². The first kappa shape index (κ1) is 15.3. The molecule has 2 rings (SSSR count). The SMILES string of the molecule is CCN(Cc1cccc(N)c1)C1CCCCC1.Cl. The molecule has 0 bridgehead atoms. The molecule has 3 heteroatoms. The molecular weight excluding hydrogens is 244 g/mol. The Morgan fingerprint density at radius 3 is 2.56 bits per heavy atom. The van der Waals surface area contributed by atoms with E-state index >= 15 is 0 Å². The zero-order valence-electron chi connectivity index (χ0n) is 11.3. The Bertz CT molecular complexity index is 348. The highest BCUT2D eigenvalue weighted by molar-refractivity contribution is 5.85. The van der Waals surface area contributed by atoms with E-state index in [1.54, 1.807) is 0 Å². The summed E-state index contributed by atoms with van der Waals surface area (Å²) in [5, 5.41) is 0. The predicted molar refractivity (Wildman–Crippen MR) is 81.1 cm³/mol. The molecule has 2 nitrogen and oxygen atoms in total. The Labute approximate surface area is 117 Å². The van der Waals surface area contributed by atoms with Crippen molar-refractivity contribution >= 4 is 18.1 Å². The molecule has 1 aromatic rings. The summed E-state index contributed by atoms with van der Waals surface area (Å²) >= 11 is 0. The van der Waals surface area contributed by atoms with E-state index in [2.05, 4.69) is 30.0 Å². The quantitative estimate of drug-likeness (QED) is 0.841. The second kappa shape index (κ2) is 7.65.